The summed E-state index contributed by atoms with van der Waals surface area (Å²) in [5.41, 5.74) is 3.84. The molecular formula is C33H42N4O3S. The van der Waals surface area contributed by atoms with E-state index in [1.165, 1.54) is 51.4 Å². The van der Waals surface area contributed by atoms with Crippen molar-refractivity contribution < 1.29 is 13.2 Å². The number of aromatic nitrogens is 3. The Labute approximate surface area is 244 Å². The average Bonchev–Trinajstić information content (AvgIpc) is 3.38. The highest BCUT2D eigenvalue weighted by atomic mass is 32.2. The molecule has 4 aromatic rings. The van der Waals surface area contributed by atoms with Crippen LogP contribution in [-0.4, -0.2) is 30.0 Å². The van der Waals surface area contributed by atoms with Gasteiger partial charge in [0.25, 0.3) is 10.0 Å². The molecule has 0 radical (unpaired) electrons. The fourth-order valence-corrected chi connectivity index (χ4v) is 5.83. The highest BCUT2D eigenvalue weighted by molar-refractivity contribution is 7.92. The van der Waals surface area contributed by atoms with Crippen molar-refractivity contribution in [2.75, 3.05) is 11.3 Å². The van der Waals surface area contributed by atoms with Crippen molar-refractivity contribution in [2.45, 2.75) is 83.0 Å². The van der Waals surface area contributed by atoms with Crippen LogP contribution >= 0.6 is 0 Å². The summed E-state index contributed by atoms with van der Waals surface area (Å²) in [5, 5.41) is 0. The van der Waals surface area contributed by atoms with Crippen LogP contribution < -0.4 is 9.46 Å². The molecule has 0 saturated carbocycles. The zero-order valence-corrected chi connectivity index (χ0v) is 25.1. The second-order valence-electron chi connectivity index (χ2n) is 10.5. The van der Waals surface area contributed by atoms with Crippen LogP contribution in [-0.2, 0) is 10.0 Å². The molecule has 0 atom stereocenters. The van der Waals surface area contributed by atoms with E-state index in [9.17, 15) is 8.42 Å². The lowest BCUT2D eigenvalue weighted by Gasteiger charge is -2.10. The van der Waals surface area contributed by atoms with E-state index in [1.807, 2.05) is 37.3 Å². The number of benzene rings is 2. The molecule has 2 heterocycles. The van der Waals surface area contributed by atoms with Gasteiger partial charge >= 0.3 is 0 Å². The predicted octanol–water partition coefficient (Wildman–Crippen LogP) is 8.55. The van der Waals surface area contributed by atoms with Gasteiger partial charge in [-0.15, -0.1) is 0 Å². The normalized spacial score (nSPS) is 11.5. The fraction of sp³-hybridized carbons (Fsp3) is 0.394. The Morgan fingerprint density at radius 2 is 1.46 bits per heavy atom. The van der Waals surface area contributed by atoms with Gasteiger partial charge in [0.15, 0.2) is 5.82 Å². The molecule has 0 aliphatic heterocycles. The summed E-state index contributed by atoms with van der Waals surface area (Å²) in [6.45, 7) is 4.85. The number of sulfonamides is 1. The van der Waals surface area contributed by atoms with Crippen molar-refractivity contribution in [1.82, 2.24) is 15.0 Å². The molecule has 2 aromatic carbocycles. The molecule has 0 amide bonds. The Hall–Kier alpha value is -3.65. The monoisotopic (exact) mass is 574 g/mol. The minimum Gasteiger partial charge on any atom is -0.494 e. The highest BCUT2D eigenvalue weighted by Crippen LogP contribution is 2.27. The van der Waals surface area contributed by atoms with Crippen molar-refractivity contribution in [2.24, 2.45) is 0 Å². The van der Waals surface area contributed by atoms with E-state index in [0.29, 0.717) is 23.9 Å². The van der Waals surface area contributed by atoms with Gasteiger partial charge in [0.05, 0.1) is 17.2 Å². The van der Waals surface area contributed by atoms with Crippen molar-refractivity contribution in [3.63, 3.8) is 0 Å². The fourth-order valence-electron chi connectivity index (χ4n) is 4.77. The van der Waals surface area contributed by atoms with Gasteiger partial charge in [-0.3, -0.25) is 9.71 Å². The summed E-state index contributed by atoms with van der Waals surface area (Å²) in [6, 6.07) is 19.5. The summed E-state index contributed by atoms with van der Waals surface area (Å²) in [5.74, 6) is 1.38. The maximum Gasteiger partial charge on any atom is 0.261 e. The van der Waals surface area contributed by atoms with Crippen LogP contribution in [0.2, 0.25) is 0 Å². The summed E-state index contributed by atoms with van der Waals surface area (Å²) in [6.07, 6.45) is 14.5. The van der Waals surface area contributed by atoms with Gasteiger partial charge in [0.2, 0.25) is 0 Å². The molecule has 218 valence electrons. The zero-order chi connectivity index (χ0) is 28.9. The summed E-state index contributed by atoms with van der Waals surface area (Å²) in [7, 11) is -3.73. The number of nitrogens with zero attached hydrogens (tertiary/aromatic N) is 2. The molecule has 41 heavy (non-hydrogen) atoms. The number of H-pyrrole nitrogens is 1. The second kappa shape index (κ2) is 15.4. The van der Waals surface area contributed by atoms with E-state index < -0.39 is 10.0 Å². The number of hydrogen-bond donors (Lipinski definition) is 2. The van der Waals surface area contributed by atoms with Crippen molar-refractivity contribution in [3.8, 4) is 28.5 Å². The minimum atomic E-state index is -3.73. The number of nitrogens with one attached hydrogen (secondary N) is 2. The van der Waals surface area contributed by atoms with Gasteiger partial charge in [-0.2, -0.15) is 0 Å². The topological polar surface area (TPSA) is 97.0 Å². The molecule has 2 N–H and O–H groups in total. The third-order valence-corrected chi connectivity index (χ3v) is 8.50. The molecule has 4 rings (SSSR count). The number of aryl methyl sites for hydroxylation is 1. The van der Waals surface area contributed by atoms with Crippen LogP contribution in [0.4, 0.5) is 5.69 Å². The van der Waals surface area contributed by atoms with Gasteiger partial charge in [0, 0.05) is 23.1 Å². The smallest absolute Gasteiger partial charge is 0.261 e. The number of pyridine rings is 1. The van der Waals surface area contributed by atoms with Gasteiger partial charge in [-0.25, -0.2) is 13.4 Å². The molecule has 0 aliphatic rings. The molecule has 2 aromatic heterocycles. The molecule has 8 heteroatoms. The van der Waals surface area contributed by atoms with Gasteiger partial charge < -0.3 is 9.72 Å². The second-order valence-corrected chi connectivity index (χ2v) is 12.1. The van der Waals surface area contributed by atoms with Crippen LogP contribution in [0.25, 0.3) is 22.8 Å². The Morgan fingerprint density at radius 1 is 0.805 bits per heavy atom. The van der Waals surface area contributed by atoms with E-state index >= 15 is 0 Å². The molecular weight excluding hydrogens is 532 g/mol. The van der Waals surface area contributed by atoms with E-state index in [4.69, 9.17) is 9.72 Å². The Kier molecular flexibility index (Phi) is 11.4. The number of aromatic amines is 1. The first-order valence-electron chi connectivity index (χ1n) is 14.8. The maximum absolute atomic E-state index is 13.0. The molecule has 0 bridgehead atoms. The lowest BCUT2D eigenvalue weighted by atomic mass is 10.1. The lowest BCUT2D eigenvalue weighted by Crippen LogP contribution is -2.12. The first kappa shape index (κ1) is 30.3. The number of anilines is 1. The molecule has 0 spiro atoms. The van der Waals surface area contributed by atoms with E-state index in [1.54, 1.807) is 42.6 Å². The first-order chi connectivity index (χ1) is 20.0. The van der Waals surface area contributed by atoms with Crippen molar-refractivity contribution in [1.29, 1.82) is 0 Å². The van der Waals surface area contributed by atoms with Gasteiger partial charge in [0.1, 0.15) is 11.4 Å². The lowest BCUT2D eigenvalue weighted by molar-refractivity contribution is 0.304. The van der Waals surface area contributed by atoms with Gasteiger partial charge in [-0.05, 0) is 61.9 Å². The molecule has 0 saturated heterocycles. The first-order valence-corrected chi connectivity index (χ1v) is 16.3. The standard InChI is InChI=1S/C33H42N4O3S/c1-3-4-5-6-7-8-9-10-11-14-25-40-29-20-22-30(23-21-29)41(38,39)37-28-18-16-27(17-19-28)32-26(2)35-33(36-32)31-15-12-13-24-34-31/h12-13,15-24,37H,3-11,14,25H2,1-2H3,(H,35,36). The van der Waals surface area contributed by atoms with Crippen LogP contribution in [0.3, 0.4) is 0 Å². The summed E-state index contributed by atoms with van der Waals surface area (Å²) >= 11 is 0. The maximum atomic E-state index is 13.0. The van der Waals surface area contributed by atoms with Crippen LogP contribution in [0, 0.1) is 6.92 Å². The minimum absolute atomic E-state index is 0.191. The third kappa shape index (κ3) is 9.18. The van der Waals surface area contributed by atoms with Crippen molar-refractivity contribution >= 4 is 15.7 Å². The molecule has 0 unspecified atom stereocenters. The SMILES string of the molecule is CCCCCCCCCCCCOc1ccc(S(=O)(=O)Nc2ccc(-c3nc(-c4ccccn4)[nH]c3C)cc2)cc1. The van der Waals surface area contributed by atoms with Crippen LogP contribution in [0.15, 0.2) is 77.8 Å². The third-order valence-electron chi connectivity index (χ3n) is 7.10. The molecule has 7 nitrogen and oxygen atoms in total. The molecule has 0 aliphatic carbocycles. The Morgan fingerprint density at radius 3 is 2.10 bits per heavy atom. The van der Waals surface area contributed by atoms with E-state index in [-0.39, 0.29) is 4.90 Å². The predicted molar refractivity (Wildman–Crippen MR) is 167 cm³/mol. The van der Waals surface area contributed by atoms with Crippen molar-refractivity contribution in [3.05, 3.63) is 78.6 Å². The van der Waals surface area contributed by atoms with Crippen LogP contribution in [0.5, 0.6) is 5.75 Å². The number of ether oxygens (including phenoxy) is 1. The zero-order valence-electron chi connectivity index (χ0n) is 24.2. The number of imidazole rings is 1. The summed E-state index contributed by atoms with van der Waals surface area (Å²) < 4.78 is 34.4. The number of unbranched alkanes of at least 4 members (excludes halogenated alkanes) is 9. The number of rotatable bonds is 17. The van der Waals surface area contributed by atoms with Gasteiger partial charge in [-0.1, -0.05) is 82.9 Å². The Bertz CT molecular complexity index is 1430. The highest BCUT2D eigenvalue weighted by Gasteiger charge is 2.16. The van der Waals surface area contributed by atoms with E-state index in [0.717, 1.165) is 35.5 Å². The number of hydrogen-bond acceptors (Lipinski definition) is 5. The Balaban J connectivity index is 1.23. The summed E-state index contributed by atoms with van der Waals surface area (Å²) in [4.78, 5) is 12.5. The van der Waals surface area contributed by atoms with E-state index in [2.05, 4.69) is 21.6 Å². The van der Waals surface area contributed by atoms with Crippen LogP contribution in [0.1, 0.15) is 76.8 Å². The molecule has 0 fully saturated rings. The largest absolute Gasteiger partial charge is 0.494 e. The quantitative estimate of drug-likeness (QED) is 0.123. The average molecular weight is 575 g/mol.